The number of anilines is 1. The molecule has 1 aromatic rings. The number of nitrogens with one attached hydrogen (secondary N) is 1. The van der Waals surface area contributed by atoms with E-state index in [1.54, 1.807) is 4.90 Å². The fourth-order valence-electron chi connectivity index (χ4n) is 2.49. The summed E-state index contributed by atoms with van der Waals surface area (Å²) in [7, 11) is 1.96. The van der Waals surface area contributed by atoms with Gasteiger partial charge < -0.3 is 15.5 Å². The van der Waals surface area contributed by atoms with Crippen molar-refractivity contribution in [1.29, 1.82) is 5.41 Å². The molecule has 0 spiro atoms. The molecule has 5 nitrogen and oxygen atoms in total. The number of amidine groups is 1. The number of likely N-dealkylation sites (N-methyl/N-ethyl adjacent to an activating group) is 1. The molecule has 1 aliphatic heterocycles. The first-order valence-electron chi connectivity index (χ1n) is 6.58. The Hall–Kier alpha value is -1.83. The summed E-state index contributed by atoms with van der Waals surface area (Å²) in [6.07, 6.45) is -4.51. The van der Waals surface area contributed by atoms with Crippen molar-refractivity contribution in [2.75, 3.05) is 31.6 Å². The van der Waals surface area contributed by atoms with Crippen LogP contribution < -0.4 is 10.6 Å². The molecule has 2 rings (SSSR count). The van der Waals surface area contributed by atoms with Crippen molar-refractivity contribution >= 4 is 11.7 Å². The highest BCUT2D eigenvalue weighted by Crippen LogP contribution is 2.31. The van der Waals surface area contributed by atoms with Gasteiger partial charge in [0.2, 0.25) is 0 Å². The summed E-state index contributed by atoms with van der Waals surface area (Å²) in [5, 5.41) is 7.55. The Balaban J connectivity index is 2.46. The summed E-state index contributed by atoms with van der Waals surface area (Å²) in [5.74, 6) is -0.143. The van der Waals surface area contributed by atoms with E-state index in [-0.39, 0.29) is 23.3 Å². The first-order valence-corrected chi connectivity index (χ1v) is 6.58. The van der Waals surface area contributed by atoms with Gasteiger partial charge in [-0.05, 0) is 26.1 Å². The van der Waals surface area contributed by atoms with Crippen LogP contribution in [-0.4, -0.2) is 48.4 Å². The molecule has 1 atom stereocenters. The van der Waals surface area contributed by atoms with Gasteiger partial charge in [0.05, 0.1) is 5.56 Å². The third-order valence-electron chi connectivity index (χ3n) is 3.56. The number of aromatic nitrogens is 1. The van der Waals surface area contributed by atoms with Crippen molar-refractivity contribution < 1.29 is 13.2 Å². The molecule has 1 fully saturated rings. The summed E-state index contributed by atoms with van der Waals surface area (Å²) in [6, 6.07) is 2.08. The molecule has 1 aliphatic rings. The number of nitrogens with two attached hydrogens (primary N) is 1. The Kier molecular flexibility index (Phi) is 4.08. The van der Waals surface area contributed by atoms with Gasteiger partial charge >= 0.3 is 6.18 Å². The molecule has 116 valence electrons. The lowest BCUT2D eigenvalue weighted by Crippen LogP contribution is -2.51. The molecule has 0 aromatic carbocycles. The van der Waals surface area contributed by atoms with Gasteiger partial charge in [0.15, 0.2) is 0 Å². The van der Waals surface area contributed by atoms with Gasteiger partial charge in [0.25, 0.3) is 0 Å². The second kappa shape index (κ2) is 5.51. The zero-order chi connectivity index (χ0) is 15.8. The molecule has 21 heavy (non-hydrogen) atoms. The Morgan fingerprint density at radius 3 is 2.57 bits per heavy atom. The summed E-state index contributed by atoms with van der Waals surface area (Å²) in [5.41, 5.74) is 4.75. The maximum absolute atomic E-state index is 12.9. The van der Waals surface area contributed by atoms with Gasteiger partial charge in [-0.2, -0.15) is 13.2 Å². The Bertz CT molecular complexity index is 543. The van der Waals surface area contributed by atoms with Crippen LogP contribution in [0.15, 0.2) is 12.1 Å². The Morgan fingerprint density at radius 1 is 1.38 bits per heavy atom. The highest BCUT2D eigenvalue weighted by atomic mass is 19.4. The van der Waals surface area contributed by atoms with Crippen LogP contribution in [0.3, 0.4) is 0 Å². The highest BCUT2D eigenvalue weighted by molar-refractivity contribution is 5.99. The normalized spacial score (nSPS) is 20.6. The predicted molar refractivity (Wildman–Crippen MR) is 74.6 cm³/mol. The molecule has 8 heteroatoms. The number of hydrogen-bond acceptors (Lipinski definition) is 4. The minimum Gasteiger partial charge on any atom is -0.384 e. The Labute approximate surface area is 121 Å². The first-order chi connectivity index (χ1) is 9.70. The van der Waals surface area contributed by atoms with Crippen molar-refractivity contribution in [2.45, 2.75) is 19.1 Å². The maximum atomic E-state index is 12.9. The van der Waals surface area contributed by atoms with Crippen LogP contribution in [0, 0.1) is 5.41 Å². The van der Waals surface area contributed by atoms with Crippen LogP contribution >= 0.6 is 0 Å². The van der Waals surface area contributed by atoms with E-state index in [2.05, 4.69) is 9.88 Å². The van der Waals surface area contributed by atoms with E-state index in [1.807, 2.05) is 14.0 Å². The van der Waals surface area contributed by atoms with Gasteiger partial charge in [-0.1, -0.05) is 0 Å². The second-order valence-electron chi connectivity index (χ2n) is 5.28. The van der Waals surface area contributed by atoms with Crippen molar-refractivity contribution in [3.05, 3.63) is 23.4 Å². The SMILES string of the molecule is CC1CN(C)CCN1c1nc(C(F)(F)F)ccc1C(=N)N. The van der Waals surface area contributed by atoms with E-state index in [0.29, 0.717) is 6.54 Å². The van der Waals surface area contributed by atoms with E-state index in [9.17, 15) is 13.2 Å². The maximum Gasteiger partial charge on any atom is 0.433 e. The van der Waals surface area contributed by atoms with Gasteiger partial charge in [-0.15, -0.1) is 0 Å². The van der Waals surface area contributed by atoms with Gasteiger partial charge in [-0.25, -0.2) is 4.98 Å². The average Bonchev–Trinajstić information content (AvgIpc) is 2.37. The lowest BCUT2D eigenvalue weighted by Gasteiger charge is -2.39. The van der Waals surface area contributed by atoms with E-state index in [1.165, 1.54) is 6.07 Å². The van der Waals surface area contributed by atoms with Crippen molar-refractivity contribution in [2.24, 2.45) is 5.73 Å². The molecule has 0 radical (unpaired) electrons. The number of piperazine rings is 1. The molecular weight excluding hydrogens is 283 g/mol. The summed E-state index contributed by atoms with van der Waals surface area (Å²) >= 11 is 0. The number of halogens is 3. The fraction of sp³-hybridized carbons (Fsp3) is 0.538. The third kappa shape index (κ3) is 3.26. The molecule has 1 unspecified atom stereocenters. The Morgan fingerprint density at radius 2 is 2.05 bits per heavy atom. The van der Waals surface area contributed by atoms with Crippen LogP contribution in [0.2, 0.25) is 0 Å². The van der Waals surface area contributed by atoms with Crippen LogP contribution in [0.25, 0.3) is 0 Å². The molecule has 0 saturated carbocycles. The number of nitrogens with zero attached hydrogens (tertiary/aromatic N) is 3. The van der Waals surface area contributed by atoms with E-state index >= 15 is 0 Å². The number of nitrogen functional groups attached to an aromatic ring is 1. The second-order valence-corrected chi connectivity index (χ2v) is 5.28. The van der Waals surface area contributed by atoms with E-state index in [0.717, 1.165) is 19.2 Å². The highest BCUT2D eigenvalue weighted by Gasteiger charge is 2.35. The quantitative estimate of drug-likeness (QED) is 0.642. The van der Waals surface area contributed by atoms with Crippen LogP contribution in [0.4, 0.5) is 19.0 Å². The molecule has 3 N–H and O–H groups in total. The average molecular weight is 301 g/mol. The number of pyridine rings is 1. The van der Waals surface area contributed by atoms with Gasteiger partial charge in [-0.3, -0.25) is 5.41 Å². The van der Waals surface area contributed by atoms with Crippen LogP contribution in [-0.2, 0) is 6.18 Å². The molecule has 0 bridgehead atoms. The van der Waals surface area contributed by atoms with Crippen LogP contribution in [0.5, 0.6) is 0 Å². The molecular formula is C13H18F3N5. The summed E-state index contributed by atoms with van der Waals surface area (Å²) < 4.78 is 38.6. The molecule has 0 amide bonds. The molecule has 0 aliphatic carbocycles. The molecule has 1 saturated heterocycles. The standard InChI is InChI=1S/C13H18F3N5/c1-8-7-20(2)5-6-21(8)12-9(11(17)18)3-4-10(19-12)13(14,15)16/h3-4,8H,5-7H2,1-2H3,(H3,17,18). The van der Waals surface area contributed by atoms with E-state index < -0.39 is 11.9 Å². The molecule has 2 heterocycles. The minimum absolute atomic E-state index is 0.00201. The fourth-order valence-corrected chi connectivity index (χ4v) is 2.49. The largest absolute Gasteiger partial charge is 0.433 e. The van der Waals surface area contributed by atoms with Gasteiger partial charge in [0.1, 0.15) is 17.3 Å². The number of rotatable bonds is 2. The smallest absolute Gasteiger partial charge is 0.384 e. The van der Waals surface area contributed by atoms with Crippen LogP contribution in [0.1, 0.15) is 18.2 Å². The van der Waals surface area contributed by atoms with Crippen molar-refractivity contribution in [3.63, 3.8) is 0 Å². The minimum atomic E-state index is -4.51. The van der Waals surface area contributed by atoms with E-state index in [4.69, 9.17) is 11.1 Å². The first kappa shape index (κ1) is 15.6. The third-order valence-corrected chi connectivity index (χ3v) is 3.56. The monoisotopic (exact) mass is 301 g/mol. The van der Waals surface area contributed by atoms with Crippen molar-refractivity contribution in [3.8, 4) is 0 Å². The lowest BCUT2D eigenvalue weighted by atomic mass is 10.1. The molecule has 1 aromatic heterocycles. The summed E-state index contributed by atoms with van der Waals surface area (Å²) in [4.78, 5) is 7.61. The number of hydrogen-bond donors (Lipinski definition) is 2. The zero-order valence-corrected chi connectivity index (χ0v) is 11.9. The topological polar surface area (TPSA) is 69.2 Å². The summed E-state index contributed by atoms with van der Waals surface area (Å²) in [6.45, 7) is 3.91. The number of alkyl halides is 3. The predicted octanol–water partition coefficient (Wildman–Crippen LogP) is 1.52. The lowest BCUT2D eigenvalue weighted by molar-refractivity contribution is -0.141. The van der Waals surface area contributed by atoms with Crippen molar-refractivity contribution in [1.82, 2.24) is 9.88 Å². The zero-order valence-electron chi connectivity index (χ0n) is 11.9. The van der Waals surface area contributed by atoms with Gasteiger partial charge in [0, 0.05) is 25.7 Å².